The summed E-state index contributed by atoms with van der Waals surface area (Å²) < 4.78 is 4.45. The quantitative estimate of drug-likeness (QED) is 0.140. The molecular weight excluding hydrogens is 504 g/mol. The van der Waals surface area contributed by atoms with Gasteiger partial charge in [-0.3, -0.25) is 9.78 Å². The maximum Gasteiger partial charge on any atom is 0.207 e. The van der Waals surface area contributed by atoms with E-state index in [-0.39, 0.29) is 11.8 Å². The number of aryl methyl sites for hydroxylation is 1. The van der Waals surface area contributed by atoms with Crippen molar-refractivity contribution in [2.75, 3.05) is 17.2 Å². The minimum atomic E-state index is -0.0291. The fourth-order valence-corrected chi connectivity index (χ4v) is 5.64. The van der Waals surface area contributed by atoms with Gasteiger partial charge in [-0.1, -0.05) is 23.8 Å². The van der Waals surface area contributed by atoms with E-state index in [1.54, 1.807) is 19.1 Å². The van der Waals surface area contributed by atoms with Crippen molar-refractivity contribution in [2.24, 2.45) is 5.73 Å². The van der Waals surface area contributed by atoms with Crippen LogP contribution >= 0.6 is 11.5 Å². The van der Waals surface area contributed by atoms with Gasteiger partial charge in [-0.15, -0.1) is 0 Å². The number of hydrogen-bond acceptors (Lipinski definition) is 8. The molecule has 1 aliphatic rings. The van der Waals surface area contributed by atoms with Gasteiger partial charge in [0.1, 0.15) is 0 Å². The Kier molecular flexibility index (Phi) is 8.64. The van der Waals surface area contributed by atoms with Crippen molar-refractivity contribution in [3.8, 4) is 0 Å². The van der Waals surface area contributed by atoms with Gasteiger partial charge in [-0.2, -0.15) is 9.36 Å². The number of fused-ring (bicyclic) bond motifs is 2. The number of carbonyl (C=O) groups is 1. The molecule has 0 spiro atoms. The molecule has 0 aliphatic heterocycles. The first-order valence-electron chi connectivity index (χ1n) is 13.8. The van der Waals surface area contributed by atoms with Gasteiger partial charge in [0.05, 0.1) is 5.52 Å². The normalized spacial score (nSPS) is 14.2. The predicted octanol–water partition coefficient (Wildman–Crippen LogP) is 6.92. The van der Waals surface area contributed by atoms with Crippen LogP contribution in [0, 0.1) is 0 Å². The number of nitrogens with zero attached hydrogens (tertiary/aromatic N) is 3. The Labute approximate surface area is 234 Å². The highest BCUT2D eigenvalue weighted by atomic mass is 32.1. The van der Waals surface area contributed by atoms with Crippen molar-refractivity contribution in [3.05, 3.63) is 76.7 Å². The average Bonchev–Trinajstić information content (AvgIpc) is 3.38. The minimum Gasteiger partial charge on any atom is -0.384 e. The van der Waals surface area contributed by atoms with Crippen molar-refractivity contribution in [3.63, 3.8) is 0 Å². The van der Waals surface area contributed by atoms with E-state index in [1.807, 2.05) is 25.1 Å². The van der Waals surface area contributed by atoms with E-state index in [9.17, 15) is 4.79 Å². The number of aromatic nitrogens is 3. The van der Waals surface area contributed by atoms with E-state index in [4.69, 9.17) is 10.7 Å². The first-order valence-corrected chi connectivity index (χ1v) is 14.5. The lowest BCUT2D eigenvalue weighted by molar-refractivity contribution is 0.101. The number of rotatable bonds is 11. The summed E-state index contributed by atoms with van der Waals surface area (Å²) in [5.41, 5.74) is 14.2. The molecule has 5 rings (SSSR count). The molecule has 1 aliphatic carbocycles. The number of unbranched alkanes of at least 4 members (excludes halogenated alkanes) is 1. The highest BCUT2D eigenvalue weighted by molar-refractivity contribution is 7.09. The Morgan fingerprint density at radius 1 is 1.05 bits per heavy atom. The zero-order valence-electron chi connectivity index (χ0n) is 22.7. The number of pyridine rings is 1. The molecule has 4 aromatic rings. The minimum absolute atomic E-state index is 0.0291. The lowest BCUT2D eigenvalue weighted by atomic mass is 9.92. The first-order chi connectivity index (χ1) is 19.0. The molecule has 0 bridgehead atoms. The van der Waals surface area contributed by atoms with Crippen LogP contribution < -0.4 is 16.4 Å². The number of Topliss-reactive ketones (excluding diaryl/α,β-unsaturated/α-hetero) is 1. The van der Waals surface area contributed by atoms with E-state index < -0.39 is 0 Å². The molecule has 0 fully saturated rings. The lowest BCUT2D eigenvalue weighted by Gasteiger charge is -2.22. The number of nitrogens with two attached hydrogens (primary N) is 1. The fraction of sp³-hybridized carbons (Fsp3) is 0.355. The van der Waals surface area contributed by atoms with E-state index >= 15 is 0 Å². The monoisotopic (exact) mass is 540 g/mol. The van der Waals surface area contributed by atoms with Crippen molar-refractivity contribution in [1.29, 1.82) is 0 Å². The summed E-state index contributed by atoms with van der Waals surface area (Å²) in [6, 6.07) is 15.8. The van der Waals surface area contributed by atoms with Gasteiger partial charge in [0.2, 0.25) is 5.13 Å². The highest BCUT2D eigenvalue weighted by Gasteiger charge is 2.18. The third kappa shape index (κ3) is 6.69. The number of carbonyl (C=O) groups excluding carboxylic acids is 1. The molecule has 0 amide bonds. The largest absolute Gasteiger partial charge is 0.384 e. The summed E-state index contributed by atoms with van der Waals surface area (Å²) in [7, 11) is 0. The summed E-state index contributed by atoms with van der Waals surface area (Å²) in [6.07, 6.45) is 9.63. The van der Waals surface area contributed by atoms with Gasteiger partial charge in [0.25, 0.3) is 0 Å². The van der Waals surface area contributed by atoms with Crippen LogP contribution in [0.5, 0.6) is 0 Å². The van der Waals surface area contributed by atoms with Crippen LogP contribution in [-0.4, -0.2) is 32.7 Å². The highest BCUT2D eigenvalue weighted by Crippen LogP contribution is 2.33. The molecule has 2 aromatic heterocycles. The molecule has 0 saturated carbocycles. The Morgan fingerprint density at radius 2 is 1.85 bits per heavy atom. The van der Waals surface area contributed by atoms with Gasteiger partial charge in [0.15, 0.2) is 11.6 Å². The second kappa shape index (κ2) is 12.5. The molecular formula is C31H36N6OS. The number of ketones is 1. The topological polar surface area (TPSA) is 106 Å². The van der Waals surface area contributed by atoms with Gasteiger partial charge < -0.3 is 16.4 Å². The summed E-state index contributed by atoms with van der Waals surface area (Å²) in [4.78, 5) is 21.0. The number of nitrogens with one attached hydrogen (secondary N) is 2. The second-order valence-electron chi connectivity index (χ2n) is 10.3. The van der Waals surface area contributed by atoms with Crippen LogP contribution in [0.15, 0.2) is 54.1 Å². The standard InChI is InChI=1S/C31H36N6OS/c1-20(19-29-36-31(39-37-29)34-23-16-14-22(15-17-23)21(2)38)26(32)11-7-8-18-33-30-24-9-3-5-12-27(24)35-28-13-6-4-10-25(28)30/h3,5,9,12,14-17,19,26H,4,6-8,10-11,13,18,32H2,1-2H3,(H,33,35)(H,34,36,37). The zero-order valence-corrected chi connectivity index (χ0v) is 23.5. The average molecular weight is 541 g/mol. The smallest absolute Gasteiger partial charge is 0.207 e. The third-order valence-electron chi connectivity index (χ3n) is 7.34. The van der Waals surface area contributed by atoms with Crippen molar-refractivity contribution < 1.29 is 4.79 Å². The lowest BCUT2D eigenvalue weighted by Crippen LogP contribution is -2.21. The van der Waals surface area contributed by atoms with Crippen molar-refractivity contribution in [2.45, 2.75) is 64.8 Å². The molecule has 2 aromatic carbocycles. The SMILES string of the molecule is CC(=O)c1ccc(Nc2nc(C=C(C)C(N)CCCCNc3c4c(nc5ccccc35)CCCC4)ns2)cc1. The summed E-state index contributed by atoms with van der Waals surface area (Å²) in [6.45, 7) is 4.53. The predicted molar refractivity (Wildman–Crippen MR) is 162 cm³/mol. The summed E-state index contributed by atoms with van der Waals surface area (Å²) in [5, 5.41) is 8.93. The molecule has 0 saturated heterocycles. The molecule has 8 heteroatoms. The van der Waals surface area contributed by atoms with Crippen LogP contribution in [0.1, 0.15) is 73.4 Å². The Bertz CT molecular complexity index is 1480. The fourth-order valence-electron chi connectivity index (χ4n) is 5.07. The Morgan fingerprint density at radius 3 is 2.67 bits per heavy atom. The van der Waals surface area contributed by atoms with Crippen molar-refractivity contribution >= 4 is 50.8 Å². The molecule has 0 radical (unpaired) electrons. The number of hydrogen-bond donors (Lipinski definition) is 3. The van der Waals surface area contributed by atoms with Gasteiger partial charge >= 0.3 is 0 Å². The first kappa shape index (κ1) is 27.0. The Balaban J connectivity index is 1.11. The molecule has 39 heavy (non-hydrogen) atoms. The maximum atomic E-state index is 11.5. The van der Waals surface area contributed by atoms with Crippen LogP contribution in [0.4, 0.5) is 16.5 Å². The maximum absolute atomic E-state index is 11.5. The molecule has 2 heterocycles. The van der Waals surface area contributed by atoms with Crippen molar-refractivity contribution in [1.82, 2.24) is 14.3 Å². The van der Waals surface area contributed by atoms with Crippen LogP contribution in [0.3, 0.4) is 0 Å². The van der Waals surface area contributed by atoms with E-state index in [0.717, 1.165) is 55.4 Å². The van der Waals surface area contributed by atoms with Crippen LogP contribution in [0.2, 0.25) is 0 Å². The zero-order chi connectivity index (χ0) is 27.2. The third-order valence-corrected chi connectivity index (χ3v) is 7.98. The molecule has 1 unspecified atom stereocenters. The van der Waals surface area contributed by atoms with Crippen LogP contribution in [-0.2, 0) is 12.8 Å². The molecule has 7 nitrogen and oxygen atoms in total. The number of benzene rings is 2. The van der Waals surface area contributed by atoms with E-state index in [0.29, 0.717) is 16.5 Å². The molecule has 4 N–H and O–H groups in total. The van der Waals surface area contributed by atoms with Gasteiger partial charge in [0, 0.05) is 52.1 Å². The molecule has 1 atom stereocenters. The molecule has 202 valence electrons. The van der Waals surface area contributed by atoms with Gasteiger partial charge in [-0.05, 0) is 101 Å². The van der Waals surface area contributed by atoms with Gasteiger partial charge in [-0.25, -0.2) is 0 Å². The van der Waals surface area contributed by atoms with Crippen LogP contribution in [0.25, 0.3) is 17.0 Å². The second-order valence-corrected chi connectivity index (χ2v) is 11.0. The summed E-state index contributed by atoms with van der Waals surface area (Å²) in [5.74, 6) is 0.709. The number of para-hydroxylation sites is 1. The summed E-state index contributed by atoms with van der Waals surface area (Å²) >= 11 is 1.30. The van der Waals surface area contributed by atoms with E-state index in [1.165, 1.54) is 46.7 Å². The number of anilines is 3. The Hall–Kier alpha value is -3.62. The van der Waals surface area contributed by atoms with E-state index in [2.05, 4.69) is 44.3 Å².